The van der Waals surface area contributed by atoms with Gasteiger partial charge in [-0.1, -0.05) is 46.7 Å². The molecule has 0 spiro atoms. The van der Waals surface area contributed by atoms with Gasteiger partial charge in [-0.3, -0.25) is 0 Å². The summed E-state index contributed by atoms with van der Waals surface area (Å²) in [6.07, 6.45) is 3.86. The Bertz CT molecular complexity index is 602. The molecule has 1 saturated carbocycles. The molecule has 2 rings (SSSR count). The van der Waals surface area contributed by atoms with Gasteiger partial charge in [-0.05, 0) is 32.3 Å². The summed E-state index contributed by atoms with van der Waals surface area (Å²) in [6, 6.07) is 0. The number of benzene rings is 1. The molecule has 1 atom stereocenters. The molecule has 8 heteroatoms. The monoisotopic (exact) mass is 313 g/mol. The molecule has 3 nitrogen and oxygen atoms in total. The Morgan fingerprint density at radius 3 is 1.83 bits per heavy atom. The number of phenols is 1. The second kappa shape index (κ2) is 6.88. The lowest BCUT2D eigenvalue weighted by Gasteiger charge is -2.51. The van der Waals surface area contributed by atoms with Gasteiger partial charge in [0.05, 0.1) is 19.2 Å². The van der Waals surface area contributed by atoms with Crippen LogP contribution in [0.3, 0.4) is 0 Å². The van der Waals surface area contributed by atoms with E-state index in [9.17, 15) is 10.2 Å². The number of likely N-dealkylation sites (N-methyl/N-ethyl adjacent to an activating group) is 1. The van der Waals surface area contributed by atoms with Crippen LogP contribution in [0.5, 0.6) is 5.75 Å². The fourth-order valence-electron chi connectivity index (χ4n) is 3.84. The molecule has 1 fully saturated rings. The number of aliphatic hydroxyl groups is 1. The van der Waals surface area contributed by atoms with Crippen LogP contribution < -0.4 is 21.9 Å². The molecule has 2 N–H and O–H groups in total. The lowest BCUT2D eigenvalue weighted by Crippen LogP contribution is -2.64. The molecule has 0 aromatic heterocycles. The first-order chi connectivity index (χ1) is 11.0. The highest BCUT2D eigenvalue weighted by atomic mass is 16.3. The van der Waals surface area contributed by atoms with E-state index < -0.39 is 10.9 Å². The predicted octanol–water partition coefficient (Wildman–Crippen LogP) is -2.81. The minimum Gasteiger partial charge on any atom is -0.509 e. The van der Waals surface area contributed by atoms with Gasteiger partial charge in [0.25, 0.3) is 0 Å². The summed E-state index contributed by atoms with van der Waals surface area (Å²) in [4.78, 5) is 1.87. The van der Waals surface area contributed by atoms with Gasteiger partial charge in [-0.25, -0.2) is 0 Å². The van der Waals surface area contributed by atoms with Gasteiger partial charge in [-0.2, -0.15) is 0 Å². The van der Waals surface area contributed by atoms with Crippen LogP contribution in [0, 0.1) is 0 Å². The van der Waals surface area contributed by atoms with Crippen molar-refractivity contribution in [2.75, 3.05) is 20.6 Å². The first kappa shape index (κ1) is 19.6. The van der Waals surface area contributed by atoms with E-state index in [0.717, 1.165) is 19.3 Å². The van der Waals surface area contributed by atoms with E-state index in [1.54, 1.807) is 0 Å². The Hall–Kier alpha value is -0.735. The maximum Gasteiger partial charge on any atom is 0.118 e. The molecule has 24 heavy (non-hydrogen) atoms. The van der Waals surface area contributed by atoms with Crippen molar-refractivity contribution in [1.29, 1.82) is 0 Å². The van der Waals surface area contributed by atoms with Crippen molar-refractivity contribution < 1.29 is 10.2 Å². The summed E-state index contributed by atoms with van der Waals surface area (Å²) < 4.78 is 0. The molecule has 10 radical (unpaired) electrons. The Kier molecular flexibility index (Phi) is 5.61. The van der Waals surface area contributed by atoms with Gasteiger partial charge >= 0.3 is 0 Å². The van der Waals surface area contributed by atoms with Crippen LogP contribution in [0.1, 0.15) is 37.7 Å². The zero-order chi connectivity index (χ0) is 18.3. The summed E-state index contributed by atoms with van der Waals surface area (Å²) in [6.45, 7) is 0.307. The fraction of sp³-hybridized carbons (Fsp3) is 0.625. The van der Waals surface area contributed by atoms with Crippen LogP contribution in [0.2, 0.25) is 0 Å². The van der Waals surface area contributed by atoms with Crippen molar-refractivity contribution in [3.05, 3.63) is 5.56 Å². The third-order valence-electron chi connectivity index (χ3n) is 5.15. The minimum absolute atomic E-state index is 0.0651. The number of rotatable bonds is 4. The average molecular weight is 312 g/mol. The largest absolute Gasteiger partial charge is 0.509 e. The standard InChI is InChI=1S/C16H20B5NO2/c1-22(2)8-16(21,15(24)6-4-3-5-7-15)9-10(17)12(19)14(23)13(20)11(9)18/h23-24H,3-8H2,1-2H3. The fourth-order valence-corrected chi connectivity index (χ4v) is 3.84. The van der Waals surface area contributed by atoms with E-state index in [4.69, 9.17) is 39.2 Å². The van der Waals surface area contributed by atoms with E-state index in [1.165, 1.54) is 0 Å². The molecular weight excluding hydrogens is 292 g/mol. The molecule has 0 bridgehead atoms. The molecule has 116 valence electrons. The normalized spacial score (nSPS) is 20.0. The SMILES string of the molecule is [B]c1c([B])c(C([B])(CN(C)C)C2(O)CCCCC2)c([B])c([B])c1O. The van der Waals surface area contributed by atoms with Crippen molar-refractivity contribution in [2.45, 2.75) is 43.0 Å². The number of phenolic OH excluding ortho intramolecular Hbond substituents is 1. The van der Waals surface area contributed by atoms with Crippen molar-refractivity contribution in [3.63, 3.8) is 0 Å². The van der Waals surface area contributed by atoms with Crippen LogP contribution in [-0.4, -0.2) is 80.6 Å². The van der Waals surface area contributed by atoms with Crippen molar-refractivity contribution in [1.82, 2.24) is 4.90 Å². The summed E-state index contributed by atoms with van der Waals surface area (Å²) >= 11 is 0. The highest BCUT2D eigenvalue weighted by molar-refractivity contribution is 6.59. The highest BCUT2D eigenvalue weighted by Gasteiger charge is 2.49. The molecule has 0 heterocycles. The highest BCUT2D eigenvalue weighted by Crippen LogP contribution is 2.42. The van der Waals surface area contributed by atoms with Gasteiger partial charge in [0.1, 0.15) is 31.4 Å². The van der Waals surface area contributed by atoms with Crippen LogP contribution >= 0.6 is 0 Å². The topological polar surface area (TPSA) is 43.7 Å². The van der Waals surface area contributed by atoms with Gasteiger partial charge in [0.2, 0.25) is 0 Å². The molecule has 1 aromatic rings. The lowest BCUT2D eigenvalue weighted by atomic mass is 9.46. The van der Waals surface area contributed by atoms with Crippen LogP contribution in [0.25, 0.3) is 0 Å². The summed E-state index contributed by atoms with van der Waals surface area (Å²) in [5.41, 5.74) is -0.860. The lowest BCUT2D eigenvalue weighted by molar-refractivity contribution is -0.0442. The second-order valence-corrected chi connectivity index (χ2v) is 7.18. The van der Waals surface area contributed by atoms with Crippen molar-refractivity contribution in [3.8, 4) is 5.75 Å². The van der Waals surface area contributed by atoms with E-state index in [-0.39, 0.29) is 27.6 Å². The van der Waals surface area contributed by atoms with Crippen LogP contribution in [-0.2, 0) is 5.31 Å². The minimum atomic E-state index is -1.26. The molecule has 0 aliphatic heterocycles. The predicted molar refractivity (Wildman–Crippen MR) is 104 cm³/mol. The molecule has 1 aromatic carbocycles. The summed E-state index contributed by atoms with van der Waals surface area (Å²) in [7, 11) is 34.6. The van der Waals surface area contributed by atoms with E-state index >= 15 is 0 Å². The maximum absolute atomic E-state index is 11.4. The molecule has 1 aliphatic carbocycles. The molecular formula is C16H20B5NO2. The number of hydrogen-bond donors (Lipinski definition) is 2. The van der Waals surface area contributed by atoms with Crippen LogP contribution in [0.4, 0.5) is 0 Å². The zero-order valence-corrected chi connectivity index (χ0v) is 14.5. The van der Waals surface area contributed by atoms with E-state index in [2.05, 4.69) is 0 Å². The van der Waals surface area contributed by atoms with Gasteiger partial charge in [-0.15, -0.1) is 0 Å². The summed E-state index contributed by atoms with van der Waals surface area (Å²) in [5, 5.41) is 20.1. The Morgan fingerprint density at radius 2 is 1.42 bits per heavy atom. The smallest absolute Gasteiger partial charge is 0.118 e. The zero-order valence-electron chi connectivity index (χ0n) is 14.5. The second-order valence-electron chi connectivity index (χ2n) is 7.18. The molecule has 1 aliphatic rings. The number of hydrogen-bond acceptors (Lipinski definition) is 3. The van der Waals surface area contributed by atoms with Gasteiger partial charge < -0.3 is 15.1 Å². The first-order valence-corrected chi connectivity index (χ1v) is 8.16. The average Bonchev–Trinajstić information content (AvgIpc) is 2.51. The van der Waals surface area contributed by atoms with E-state index in [1.807, 2.05) is 19.0 Å². The Labute approximate surface area is 151 Å². The maximum atomic E-state index is 11.4. The third kappa shape index (κ3) is 3.08. The Balaban J connectivity index is 2.74. The Morgan fingerprint density at radius 1 is 0.958 bits per heavy atom. The quantitative estimate of drug-likeness (QED) is 0.590. The third-order valence-corrected chi connectivity index (χ3v) is 5.15. The molecule has 1 unspecified atom stereocenters. The van der Waals surface area contributed by atoms with Crippen molar-refractivity contribution >= 4 is 61.1 Å². The van der Waals surface area contributed by atoms with Crippen LogP contribution in [0.15, 0.2) is 0 Å². The summed E-state index contributed by atoms with van der Waals surface area (Å²) in [5.74, 6) is -0.350. The molecule has 0 saturated heterocycles. The van der Waals surface area contributed by atoms with Crippen molar-refractivity contribution in [2.24, 2.45) is 0 Å². The number of nitrogens with zero attached hydrogens (tertiary/aromatic N) is 1. The first-order valence-electron chi connectivity index (χ1n) is 8.16. The molecule has 0 amide bonds. The number of aromatic hydroxyl groups is 1. The van der Waals surface area contributed by atoms with E-state index in [0.29, 0.717) is 24.9 Å². The van der Waals surface area contributed by atoms with Gasteiger partial charge in [0, 0.05) is 6.54 Å². The van der Waals surface area contributed by atoms with Gasteiger partial charge in [0.15, 0.2) is 0 Å².